The molecule has 30 heavy (non-hydrogen) atoms. The van der Waals surface area contributed by atoms with Crippen molar-refractivity contribution in [2.75, 3.05) is 7.05 Å². The monoisotopic (exact) mass is 479 g/mol. The van der Waals surface area contributed by atoms with Gasteiger partial charge in [-0.25, -0.2) is 18.7 Å². The molecule has 3 aromatic rings. The quantitative estimate of drug-likeness (QED) is 0.603. The fourth-order valence-corrected chi connectivity index (χ4v) is 3.03. The molecular weight excluding hydrogens is 464 g/mol. The minimum atomic E-state index is -0.764. The van der Waals surface area contributed by atoms with Crippen molar-refractivity contribution in [1.29, 1.82) is 0 Å². The summed E-state index contributed by atoms with van der Waals surface area (Å²) in [6, 6.07) is 3.11. The Morgan fingerprint density at radius 3 is 2.63 bits per heavy atom. The van der Waals surface area contributed by atoms with Crippen molar-refractivity contribution in [2.45, 2.75) is 20.5 Å². The minimum absolute atomic E-state index is 0.00500. The Morgan fingerprint density at radius 1 is 1.27 bits per heavy atom. The van der Waals surface area contributed by atoms with E-state index in [1.54, 1.807) is 13.8 Å². The molecule has 0 radical (unpaired) electrons. The molecule has 0 saturated carbocycles. The standard InChI is InChI=1S/C19H16BrF2N5O3/c1-9-14(7-24-16(25-9)17(28)23-3)27-10(2)26-18(15(20)19(27)29)30-8-11-4-5-12(21)6-13(11)22/h4-7H,8H2,1-3H3,(H,23,28). The second kappa shape index (κ2) is 8.66. The van der Waals surface area contributed by atoms with Gasteiger partial charge in [0.1, 0.15) is 28.5 Å². The Hall–Kier alpha value is -3.21. The number of carbonyl (C=O) groups is 1. The molecule has 1 N–H and O–H groups in total. The summed E-state index contributed by atoms with van der Waals surface area (Å²) in [5.41, 5.74) is 0.344. The van der Waals surface area contributed by atoms with E-state index in [9.17, 15) is 18.4 Å². The predicted molar refractivity (Wildman–Crippen MR) is 107 cm³/mol. The number of aryl methyl sites for hydroxylation is 2. The smallest absolute Gasteiger partial charge is 0.288 e. The molecule has 11 heteroatoms. The first kappa shape index (κ1) is 21.5. The molecule has 156 valence electrons. The van der Waals surface area contributed by atoms with Crippen molar-refractivity contribution >= 4 is 21.8 Å². The molecule has 0 aliphatic heterocycles. The minimum Gasteiger partial charge on any atom is -0.472 e. The van der Waals surface area contributed by atoms with E-state index in [1.165, 1.54) is 23.9 Å². The average Bonchev–Trinajstić information content (AvgIpc) is 2.71. The Labute approximate surface area is 178 Å². The number of hydrogen-bond donors (Lipinski definition) is 1. The number of ether oxygens (including phenoxy) is 1. The highest BCUT2D eigenvalue weighted by Crippen LogP contribution is 2.22. The number of halogens is 3. The van der Waals surface area contributed by atoms with Gasteiger partial charge in [-0.1, -0.05) is 0 Å². The van der Waals surface area contributed by atoms with Crippen LogP contribution in [0.5, 0.6) is 5.88 Å². The Balaban J connectivity index is 1.95. The summed E-state index contributed by atoms with van der Waals surface area (Å²) in [4.78, 5) is 36.9. The molecular formula is C19H16BrF2N5O3. The number of carbonyl (C=O) groups excluding carboxylic acids is 1. The number of nitrogens with zero attached hydrogens (tertiary/aromatic N) is 4. The fourth-order valence-electron chi connectivity index (χ4n) is 2.65. The maximum atomic E-state index is 13.8. The van der Waals surface area contributed by atoms with Crippen LogP contribution in [-0.2, 0) is 6.61 Å². The lowest BCUT2D eigenvalue weighted by Crippen LogP contribution is -2.26. The Morgan fingerprint density at radius 2 is 2.00 bits per heavy atom. The van der Waals surface area contributed by atoms with Gasteiger partial charge < -0.3 is 10.1 Å². The van der Waals surface area contributed by atoms with E-state index in [2.05, 4.69) is 36.2 Å². The van der Waals surface area contributed by atoms with Crippen molar-refractivity contribution in [2.24, 2.45) is 0 Å². The lowest BCUT2D eigenvalue weighted by Gasteiger charge is -2.15. The van der Waals surface area contributed by atoms with Crippen LogP contribution in [0.2, 0.25) is 0 Å². The van der Waals surface area contributed by atoms with E-state index < -0.39 is 23.1 Å². The average molecular weight is 480 g/mol. The highest BCUT2D eigenvalue weighted by atomic mass is 79.9. The first-order valence-corrected chi connectivity index (χ1v) is 9.44. The topological polar surface area (TPSA) is 99.0 Å². The summed E-state index contributed by atoms with van der Waals surface area (Å²) in [7, 11) is 1.46. The highest BCUT2D eigenvalue weighted by molar-refractivity contribution is 9.10. The molecule has 0 fully saturated rings. The highest BCUT2D eigenvalue weighted by Gasteiger charge is 2.19. The molecule has 0 bridgehead atoms. The van der Waals surface area contributed by atoms with Crippen molar-refractivity contribution in [1.82, 2.24) is 24.8 Å². The Kier molecular flexibility index (Phi) is 6.20. The number of nitrogens with one attached hydrogen (secondary N) is 1. The van der Waals surface area contributed by atoms with E-state index in [0.29, 0.717) is 11.4 Å². The van der Waals surface area contributed by atoms with Gasteiger partial charge in [-0.15, -0.1) is 0 Å². The second-order valence-corrected chi connectivity index (χ2v) is 6.98. The van der Waals surface area contributed by atoms with Gasteiger partial charge in [0, 0.05) is 18.7 Å². The SMILES string of the molecule is CNC(=O)c1ncc(-n2c(C)nc(OCc3ccc(F)cc3F)c(Br)c2=O)c(C)n1. The van der Waals surface area contributed by atoms with Crippen LogP contribution in [0.15, 0.2) is 33.7 Å². The van der Waals surface area contributed by atoms with Crippen LogP contribution in [0.25, 0.3) is 5.69 Å². The van der Waals surface area contributed by atoms with Crippen molar-refractivity contribution in [3.05, 3.63) is 73.8 Å². The van der Waals surface area contributed by atoms with Crippen LogP contribution in [0, 0.1) is 25.5 Å². The third-order valence-corrected chi connectivity index (χ3v) is 4.85. The normalized spacial score (nSPS) is 10.7. The molecule has 8 nitrogen and oxygen atoms in total. The maximum absolute atomic E-state index is 13.8. The number of amides is 1. The molecule has 2 heterocycles. The molecule has 0 saturated heterocycles. The summed E-state index contributed by atoms with van der Waals surface area (Å²) in [5, 5.41) is 2.43. The molecule has 1 amide bonds. The van der Waals surface area contributed by atoms with Crippen molar-refractivity contribution in [3.8, 4) is 11.6 Å². The lowest BCUT2D eigenvalue weighted by atomic mass is 10.2. The van der Waals surface area contributed by atoms with E-state index in [1.807, 2.05) is 0 Å². The fraction of sp³-hybridized carbons (Fsp3) is 0.211. The number of aromatic nitrogens is 4. The molecule has 0 unspecified atom stereocenters. The van der Waals surface area contributed by atoms with E-state index in [-0.39, 0.29) is 34.2 Å². The van der Waals surface area contributed by atoms with Crippen LogP contribution in [0.1, 0.15) is 27.7 Å². The summed E-state index contributed by atoms with van der Waals surface area (Å²) in [5.74, 6) is -1.73. The predicted octanol–water partition coefficient (Wildman–Crippen LogP) is 2.62. The van der Waals surface area contributed by atoms with Gasteiger partial charge >= 0.3 is 0 Å². The largest absolute Gasteiger partial charge is 0.472 e. The summed E-state index contributed by atoms with van der Waals surface area (Å²) < 4.78 is 33.6. The molecule has 0 aliphatic carbocycles. The van der Waals surface area contributed by atoms with Crippen LogP contribution in [0.3, 0.4) is 0 Å². The second-order valence-electron chi connectivity index (χ2n) is 6.19. The van der Waals surface area contributed by atoms with Crippen LogP contribution in [-0.4, -0.2) is 32.5 Å². The zero-order chi connectivity index (χ0) is 22.0. The zero-order valence-electron chi connectivity index (χ0n) is 16.2. The number of hydrogen-bond acceptors (Lipinski definition) is 6. The molecule has 0 aliphatic rings. The summed E-state index contributed by atoms with van der Waals surface area (Å²) >= 11 is 3.16. The summed E-state index contributed by atoms with van der Waals surface area (Å²) in [6.45, 7) is 2.96. The van der Waals surface area contributed by atoms with Crippen LogP contribution >= 0.6 is 15.9 Å². The number of rotatable bonds is 5. The lowest BCUT2D eigenvalue weighted by molar-refractivity contribution is 0.0952. The molecule has 3 rings (SSSR count). The third kappa shape index (κ3) is 4.20. The van der Waals surface area contributed by atoms with Crippen LogP contribution in [0.4, 0.5) is 8.78 Å². The van der Waals surface area contributed by atoms with Gasteiger partial charge in [0.15, 0.2) is 0 Å². The van der Waals surface area contributed by atoms with Crippen LogP contribution < -0.4 is 15.6 Å². The van der Waals surface area contributed by atoms with Gasteiger partial charge in [-0.2, -0.15) is 4.98 Å². The molecule has 0 atom stereocenters. The van der Waals surface area contributed by atoms with Gasteiger partial charge in [-0.3, -0.25) is 14.2 Å². The first-order valence-electron chi connectivity index (χ1n) is 8.65. The molecule has 2 aromatic heterocycles. The molecule has 0 spiro atoms. The van der Waals surface area contributed by atoms with Crippen molar-refractivity contribution in [3.63, 3.8) is 0 Å². The van der Waals surface area contributed by atoms with Crippen molar-refractivity contribution < 1.29 is 18.3 Å². The Bertz CT molecular complexity index is 1200. The van der Waals surface area contributed by atoms with Gasteiger partial charge in [0.05, 0.1) is 17.6 Å². The van der Waals surface area contributed by atoms with Gasteiger partial charge in [-0.05, 0) is 41.9 Å². The van der Waals surface area contributed by atoms with E-state index in [0.717, 1.165) is 12.1 Å². The zero-order valence-corrected chi connectivity index (χ0v) is 17.7. The number of benzene rings is 1. The van der Waals surface area contributed by atoms with E-state index >= 15 is 0 Å². The van der Waals surface area contributed by atoms with Gasteiger partial charge in [0.2, 0.25) is 11.7 Å². The maximum Gasteiger partial charge on any atom is 0.288 e. The first-order chi connectivity index (χ1) is 14.2. The summed E-state index contributed by atoms with van der Waals surface area (Å²) in [6.07, 6.45) is 1.35. The molecule has 1 aromatic carbocycles. The third-order valence-electron chi connectivity index (χ3n) is 4.17. The van der Waals surface area contributed by atoms with E-state index in [4.69, 9.17) is 4.74 Å². The van der Waals surface area contributed by atoms with Gasteiger partial charge in [0.25, 0.3) is 11.5 Å².